The molecule has 94 valence electrons. The van der Waals surface area contributed by atoms with Crippen LogP contribution in [0.15, 0.2) is 59.3 Å². The molecule has 19 heavy (non-hydrogen) atoms. The number of nitrogens with two attached hydrogens (primary N) is 1. The Morgan fingerprint density at radius 2 is 1.74 bits per heavy atom. The van der Waals surface area contributed by atoms with Crippen molar-refractivity contribution in [3.8, 4) is 22.3 Å². The highest BCUT2D eigenvalue weighted by Crippen LogP contribution is 2.31. The van der Waals surface area contributed by atoms with Crippen molar-refractivity contribution in [1.82, 2.24) is 5.16 Å². The fourth-order valence-electron chi connectivity index (χ4n) is 2.00. The fourth-order valence-corrected chi connectivity index (χ4v) is 2.00. The number of halogens is 1. The molecule has 0 amide bonds. The maximum atomic E-state index is 13.9. The molecule has 2 N–H and O–H groups in total. The average molecular weight is 254 g/mol. The second-order valence-electron chi connectivity index (χ2n) is 4.16. The van der Waals surface area contributed by atoms with Gasteiger partial charge in [-0.05, 0) is 23.3 Å². The molecule has 1 heterocycles. The molecule has 4 heteroatoms. The summed E-state index contributed by atoms with van der Waals surface area (Å²) in [5.74, 6) is -0.0457. The molecule has 3 rings (SSSR count). The lowest BCUT2D eigenvalue weighted by atomic mass is 10.00. The number of hydrogen-bond acceptors (Lipinski definition) is 3. The number of rotatable bonds is 2. The maximum absolute atomic E-state index is 13.9. The molecule has 3 nitrogen and oxygen atoms in total. The van der Waals surface area contributed by atoms with E-state index in [1.54, 1.807) is 12.1 Å². The molecule has 0 saturated heterocycles. The lowest BCUT2D eigenvalue weighted by Gasteiger charge is -2.06. The molecule has 0 aliphatic heterocycles. The highest BCUT2D eigenvalue weighted by atomic mass is 19.1. The van der Waals surface area contributed by atoms with E-state index < -0.39 is 0 Å². The van der Waals surface area contributed by atoms with Gasteiger partial charge in [-0.1, -0.05) is 41.6 Å². The Bertz CT molecular complexity index is 707. The second-order valence-corrected chi connectivity index (χ2v) is 4.16. The summed E-state index contributed by atoms with van der Waals surface area (Å²) < 4.78 is 18.8. The molecule has 0 fully saturated rings. The van der Waals surface area contributed by atoms with Crippen LogP contribution in [0.4, 0.5) is 10.3 Å². The predicted octanol–water partition coefficient (Wildman–Crippen LogP) is 3.73. The molecular weight excluding hydrogens is 243 g/mol. The zero-order valence-electron chi connectivity index (χ0n) is 10.0. The smallest absolute Gasteiger partial charge is 0.229 e. The van der Waals surface area contributed by atoms with Crippen molar-refractivity contribution in [3.05, 3.63) is 60.5 Å². The van der Waals surface area contributed by atoms with Crippen LogP contribution in [0.5, 0.6) is 0 Å². The van der Waals surface area contributed by atoms with Gasteiger partial charge in [0, 0.05) is 5.56 Å². The van der Waals surface area contributed by atoms with E-state index in [4.69, 9.17) is 10.3 Å². The quantitative estimate of drug-likeness (QED) is 0.758. The van der Waals surface area contributed by atoms with Crippen LogP contribution >= 0.6 is 0 Å². The van der Waals surface area contributed by atoms with Gasteiger partial charge in [-0.2, -0.15) is 0 Å². The van der Waals surface area contributed by atoms with Crippen molar-refractivity contribution < 1.29 is 8.91 Å². The van der Waals surface area contributed by atoms with Gasteiger partial charge in [0.1, 0.15) is 5.82 Å². The summed E-state index contributed by atoms with van der Waals surface area (Å²) in [4.78, 5) is 0. The molecule has 0 bridgehead atoms. The van der Waals surface area contributed by atoms with E-state index in [9.17, 15) is 4.39 Å². The normalized spacial score (nSPS) is 10.6. The molecule has 1 aromatic heterocycles. The van der Waals surface area contributed by atoms with Crippen LogP contribution in [0.3, 0.4) is 0 Å². The number of aromatic nitrogens is 1. The van der Waals surface area contributed by atoms with E-state index in [0.717, 1.165) is 11.1 Å². The molecule has 0 spiro atoms. The van der Waals surface area contributed by atoms with Crippen LogP contribution in [0.25, 0.3) is 22.3 Å². The van der Waals surface area contributed by atoms with Gasteiger partial charge in [-0.15, -0.1) is 0 Å². The maximum Gasteiger partial charge on any atom is 0.229 e. The third-order valence-electron chi connectivity index (χ3n) is 2.96. The first-order chi connectivity index (χ1) is 9.25. The lowest BCUT2D eigenvalue weighted by Crippen LogP contribution is -1.88. The number of benzene rings is 2. The van der Waals surface area contributed by atoms with Crippen molar-refractivity contribution in [2.75, 3.05) is 5.73 Å². The van der Waals surface area contributed by atoms with Gasteiger partial charge in [-0.25, -0.2) is 4.39 Å². The standard InChI is InChI=1S/C15H11FN2O/c16-14-7-6-11(13-9-18-19-15(13)17)8-12(14)10-4-2-1-3-5-10/h1-9H,17H2. The number of nitrogen functional groups attached to an aromatic ring is 1. The predicted molar refractivity (Wildman–Crippen MR) is 71.7 cm³/mol. The highest BCUT2D eigenvalue weighted by molar-refractivity contribution is 5.77. The summed E-state index contributed by atoms with van der Waals surface area (Å²) in [5, 5.41) is 3.63. The van der Waals surface area contributed by atoms with Crippen molar-refractivity contribution in [2.24, 2.45) is 0 Å². The zero-order valence-corrected chi connectivity index (χ0v) is 10.0. The van der Waals surface area contributed by atoms with Gasteiger partial charge in [0.05, 0.1) is 11.8 Å². The SMILES string of the molecule is Nc1oncc1-c1ccc(F)c(-c2ccccc2)c1. The zero-order chi connectivity index (χ0) is 13.2. The van der Waals surface area contributed by atoms with Crippen molar-refractivity contribution >= 4 is 5.88 Å². The first-order valence-corrected chi connectivity index (χ1v) is 5.81. The topological polar surface area (TPSA) is 52.0 Å². The Morgan fingerprint density at radius 1 is 0.947 bits per heavy atom. The summed E-state index contributed by atoms with van der Waals surface area (Å²) in [6.07, 6.45) is 1.53. The molecule has 2 aromatic carbocycles. The van der Waals surface area contributed by atoms with E-state index in [-0.39, 0.29) is 11.7 Å². The van der Waals surface area contributed by atoms with Crippen LogP contribution in [0, 0.1) is 5.82 Å². The van der Waals surface area contributed by atoms with Crippen LogP contribution in [-0.4, -0.2) is 5.16 Å². The largest absolute Gasteiger partial charge is 0.367 e. The lowest BCUT2D eigenvalue weighted by molar-refractivity contribution is 0.436. The Hall–Kier alpha value is -2.62. The van der Waals surface area contributed by atoms with Gasteiger partial charge in [-0.3, -0.25) is 0 Å². The fraction of sp³-hybridized carbons (Fsp3) is 0. The Kier molecular flexibility index (Phi) is 2.76. The summed E-state index contributed by atoms with van der Waals surface area (Å²) >= 11 is 0. The minimum absolute atomic E-state index is 0.227. The summed E-state index contributed by atoms with van der Waals surface area (Å²) in [7, 11) is 0. The molecule has 0 saturated carbocycles. The molecule has 0 atom stereocenters. The van der Waals surface area contributed by atoms with Gasteiger partial charge in [0.25, 0.3) is 0 Å². The Morgan fingerprint density at radius 3 is 2.42 bits per heavy atom. The minimum atomic E-state index is -0.273. The first kappa shape index (κ1) is 11.5. The van der Waals surface area contributed by atoms with Crippen LogP contribution in [0.2, 0.25) is 0 Å². The van der Waals surface area contributed by atoms with Crippen LogP contribution in [0.1, 0.15) is 0 Å². The molecular formula is C15H11FN2O. The number of nitrogens with zero attached hydrogens (tertiary/aromatic N) is 1. The van der Waals surface area contributed by atoms with Crippen molar-refractivity contribution in [2.45, 2.75) is 0 Å². The van der Waals surface area contributed by atoms with E-state index in [1.807, 2.05) is 30.3 Å². The Labute approximate surface area is 109 Å². The summed E-state index contributed by atoms with van der Waals surface area (Å²) in [6.45, 7) is 0. The van der Waals surface area contributed by atoms with Crippen LogP contribution < -0.4 is 5.73 Å². The third-order valence-corrected chi connectivity index (χ3v) is 2.96. The molecule has 0 radical (unpaired) electrons. The van der Waals surface area contributed by atoms with Crippen molar-refractivity contribution in [1.29, 1.82) is 0 Å². The molecule has 3 aromatic rings. The monoisotopic (exact) mass is 254 g/mol. The number of hydrogen-bond donors (Lipinski definition) is 1. The molecule has 0 aliphatic carbocycles. The molecule has 0 aliphatic rings. The third kappa shape index (κ3) is 2.08. The summed E-state index contributed by atoms with van der Waals surface area (Å²) in [5.41, 5.74) is 8.46. The van der Waals surface area contributed by atoms with Gasteiger partial charge in [0.2, 0.25) is 5.88 Å². The van der Waals surface area contributed by atoms with E-state index >= 15 is 0 Å². The second kappa shape index (κ2) is 4.57. The van der Waals surface area contributed by atoms with Crippen LogP contribution in [-0.2, 0) is 0 Å². The Balaban J connectivity index is 2.14. The van der Waals surface area contributed by atoms with Gasteiger partial charge in [0.15, 0.2) is 0 Å². The average Bonchev–Trinajstić information content (AvgIpc) is 2.87. The minimum Gasteiger partial charge on any atom is -0.367 e. The van der Waals surface area contributed by atoms with E-state index in [1.165, 1.54) is 12.3 Å². The molecule has 0 unspecified atom stereocenters. The number of anilines is 1. The van der Waals surface area contributed by atoms with E-state index in [0.29, 0.717) is 11.1 Å². The van der Waals surface area contributed by atoms with E-state index in [2.05, 4.69) is 5.16 Å². The summed E-state index contributed by atoms with van der Waals surface area (Å²) in [6, 6.07) is 14.2. The van der Waals surface area contributed by atoms with Gasteiger partial charge >= 0.3 is 0 Å². The first-order valence-electron chi connectivity index (χ1n) is 5.81. The highest BCUT2D eigenvalue weighted by Gasteiger charge is 2.11. The van der Waals surface area contributed by atoms with Crippen molar-refractivity contribution in [3.63, 3.8) is 0 Å². The van der Waals surface area contributed by atoms with Gasteiger partial charge < -0.3 is 10.3 Å².